The first-order valence-electron chi connectivity index (χ1n) is 6.48. The van der Waals surface area contributed by atoms with Gasteiger partial charge in [0.2, 0.25) is 0 Å². The van der Waals surface area contributed by atoms with Crippen LogP contribution < -0.4 is 20.7 Å². The molecule has 0 fully saturated rings. The van der Waals surface area contributed by atoms with Gasteiger partial charge >= 0.3 is 0 Å². The number of hydrogen-bond donors (Lipinski definition) is 2. The van der Waals surface area contributed by atoms with Gasteiger partial charge in [-0.3, -0.25) is 11.3 Å². The van der Waals surface area contributed by atoms with Crippen molar-refractivity contribution in [3.8, 4) is 11.5 Å². The molecule has 0 aliphatic rings. The molecule has 0 heterocycles. The second-order valence-corrected chi connectivity index (χ2v) is 4.56. The Balaban J connectivity index is 2.77. The van der Waals surface area contributed by atoms with E-state index in [1.165, 1.54) is 5.57 Å². The van der Waals surface area contributed by atoms with Crippen molar-refractivity contribution in [2.24, 2.45) is 5.84 Å². The van der Waals surface area contributed by atoms with Gasteiger partial charge in [-0.2, -0.15) is 0 Å². The van der Waals surface area contributed by atoms with Gasteiger partial charge in [-0.1, -0.05) is 25.1 Å². The third kappa shape index (κ3) is 4.58. The van der Waals surface area contributed by atoms with E-state index in [1.807, 2.05) is 18.2 Å². The molecule has 0 saturated carbocycles. The lowest BCUT2D eigenvalue weighted by molar-refractivity contribution is 0.354. The zero-order valence-electron chi connectivity index (χ0n) is 12.0. The highest BCUT2D eigenvalue weighted by Crippen LogP contribution is 2.28. The Kier molecular flexibility index (Phi) is 6.39. The van der Waals surface area contributed by atoms with Gasteiger partial charge in [0.1, 0.15) is 0 Å². The molecule has 0 aromatic heterocycles. The maximum Gasteiger partial charge on any atom is 0.160 e. The molecule has 1 atom stereocenters. The monoisotopic (exact) mass is 264 g/mol. The summed E-state index contributed by atoms with van der Waals surface area (Å²) in [7, 11) is 3.27. The van der Waals surface area contributed by atoms with Crippen LogP contribution in [0.25, 0.3) is 0 Å². The minimum atomic E-state index is 0.186. The fraction of sp³-hybridized carbons (Fsp3) is 0.467. The minimum absolute atomic E-state index is 0.186. The number of rotatable bonds is 8. The van der Waals surface area contributed by atoms with Crippen LogP contribution in [-0.2, 0) is 6.42 Å². The highest BCUT2D eigenvalue weighted by atomic mass is 16.5. The van der Waals surface area contributed by atoms with Crippen molar-refractivity contribution in [3.63, 3.8) is 0 Å². The Bertz CT molecular complexity index is 419. The SMILES string of the molecule is C=C(CC)CC(Cc1ccc(OC)c(OC)c1)NN. The minimum Gasteiger partial charge on any atom is -0.493 e. The molecule has 4 nitrogen and oxygen atoms in total. The van der Waals surface area contributed by atoms with Crippen LogP contribution in [0.3, 0.4) is 0 Å². The molecular formula is C15H24N2O2. The van der Waals surface area contributed by atoms with E-state index in [0.717, 1.165) is 36.3 Å². The van der Waals surface area contributed by atoms with Gasteiger partial charge in [-0.05, 0) is 37.0 Å². The van der Waals surface area contributed by atoms with Gasteiger partial charge in [-0.15, -0.1) is 0 Å². The normalized spacial score (nSPS) is 12.0. The number of hydrazine groups is 1. The largest absolute Gasteiger partial charge is 0.493 e. The number of nitrogens with one attached hydrogen (secondary N) is 1. The van der Waals surface area contributed by atoms with E-state index in [-0.39, 0.29) is 6.04 Å². The van der Waals surface area contributed by atoms with E-state index in [1.54, 1.807) is 14.2 Å². The Hall–Kier alpha value is -1.52. The summed E-state index contributed by atoms with van der Waals surface area (Å²) in [5.41, 5.74) is 5.20. The summed E-state index contributed by atoms with van der Waals surface area (Å²) < 4.78 is 10.5. The van der Waals surface area contributed by atoms with Gasteiger partial charge in [0, 0.05) is 6.04 Å². The zero-order chi connectivity index (χ0) is 14.3. The molecule has 106 valence electrons. The fourth-order valence-corrected chi connectivity index (χ4v) is 1.97. The van der Waals surface area contributed by atoms with Crippen LogP contribution >= 0.6 is 0 Å². The summed E-state index contributed by atoms with van der Waals surface area (Å²) in [5.74, 6) is 7.08. The molecular weight excluding hydrogens is 240 g/mol. The molecule has 3 N–H and O–H groups in total. The second kappa shape index (κ2) is 7.81. The fourth-order valence-electron chi connectivity index (χ4n) is 1.97. The van der Waals surface area contributed by atoms with E-state index in [9.17, 15) is 0 Å². The number of hydrogen-bond acceptors (Lipinski definition) is 4. The number of benzene rings is 1. The van der Waals surface area contributed by atoms with Crippen LogP contribution in [-0.4, -0.2) is 20.3 Å². The molecule has 0 saturated heterocycles. The molecule has 1 rings (SSSR count). The first-order chi connectivity index (χ1) is 9.14. The van der Waals surface area contributed by atoms with Crippen LogP contribution in [0.4, 0.5) is 0 Å². The van der Waals surface area contributed by atoms with Crippen molar-refractivity contribution >= 4 is 0 Å². The topological polar surface area (TPSA) is 56.5 Å². The molecule has 0 spiro atoms. The molecule has 1 aromatic carbocycles. The molecule has 0 aliphatic heterocycles. The summed E-state index contributed by atoms with van der Waals surface area (Å²) in [6, 6.07) is 6.11. The van der Waals surface area contributed by atoms with Crippen LogP contribution in [0, 0.1) is 0 Å². The van der Waals surface area contributed by atoms with Gasteiger partial charge in [0.05, 0.1) is 14.2 Å². The van der Waals surface area contributed by atoms with E-state index < -0.39 is 0 Å². The van der Waals surface area contributed by atoms with Crippen molar-refractivity contribution < 1.29 is 9.47 Å². The van der Waals surface area contributed by atoms with Crippen LogP contribution in [0.1, 0.15) is 25.3 Å². The van der Waals surface area contributed by atoms with Crippen LogP contribution in [0.15, 0.2) is 30.4 Å². The van der Waals surface area contributed by atoms with Gasteiger partial charge in [0.25, 0.3) is 0 Å². The molecule has 4 heteroatoms. The van der Waals surface area contributed by atoms with E-state index >= 15 is 0 Å². The molecule has 0 bridgehead atoms. The molecule has 0 aliphatic carbocycles. The molecule has 19 heavy (non-hydrogen) atoms. The van der Waals surface area contributed by atoms with E-state index in [2.05, 4.69) is 18.9 Å². The Morgan fingerprint density at radius 2 is 2.00 bits per heavy atom. The van der Waals surface area contributed by atoms with E-state index in [0.29, 0.717) is 0 Å². The van der Waals surface area contributed by atoms with Crippen molar-refractivity contribution in [1.82, 2.24) is 5.43 Å². The first kappa shape index (κ1) is 15.5. The third-order valence-corrected chi connectivity index (χ3v) is 3.20. The van der Waals surface area contributed by atoms with E-state index in [4.69, 9.17) is 15.3 Å². The van der Waals surface area contributed by atoms with Crippen molar-refractivity contribution in [2.75, 3.05) is 14.2 Å². The number of methoxy groups -OCH3 is 2. The Labute approximate surface area is 115 Å². The number of nitrogens with two attached hydrogens (primary N) is 1. The summed E-state index contributed by atoms with van der Waals surface area (Å²) in [4.78, 5) is 0. The Morgan fingerprint density at radius 3 is 2.53 bits per heavy atom. The summed E-state index contributed by atoms with van der Waals surface area (Å²) in [6.07, 6.45) is 2.68. The number of ether oxygens (including phenoxy) is 2. The molecule has 1 unspecified atom stereocenters. The summed E-state index contributed by atoms with van der Waals surface area (Å²) >= 11 is 0. The van der Waals surface area contributed by atoms with Gasteiger partial charge < -0.3 is 9.47 Å². The smallest absolute Gasteiger partial charge is 0.160 e. The van der Waals surface area contributed by atoms with Crippen molar-refractivity contribution in [3.05, 3.63) is 35.9 Å². The lowest BCUT2D eigenvalue weighted by atomic mass is 9.99. The highest BCUT2D eigenvalue weighted by Gasteiger charge is 2.11. The van der Waals surface area contributed by atoms with Gasteiger partial charge in [0.15, 0.2) is 11.5 Å². The predicted molar refractivity (Wildman–Crippen MR) is 78.4 cm³/mol. The third-order valence-electron chi connectivity index (χ3n) is 3.20. The second-order valence-electron chi connectivity index (χ2n) is 4.56. The van der Waals surface area contributed by atoms with Crippen LogP contribution in [0.2, 0.25) is 0 Å². The molecule has 0 amide bonds. The Morgan fingerprint density at radius 1 is 1.32 bits per heavy atom. The van der Waals surface area contributed by atoms with Crippen LogP contribution in [0.5, 0.6) is 11.5 Å². The average Bonchev–Trinajstić information content (AvgIpc) is 2.45. The maximum absolute atomic E-state index is 5.60. The summed E-state index contributed by atoms with van der Waals surface area (Å²) in [5, 5.41) is 0. The predicted octanol–water partition coefficient (Wildman–Crippen LogP) is 2.43. The lowest BCUT2D eigenvalue weighted by Crippen LogP contribution is -2.37. The average molecular weight is 264 g/mol. The van der Waals surface area contributed by atoms with Crippen molar-refractivity contribution in [2.45, 2.75) is 32.2 Å². The molecule has 0 radical (unpaired) electrons. The summed E-state index contributed by atoms with van der Waals surface area (Å²) in [6.45, 7) is 6.13. The zero-order valence-corrected chi connectivity index (χ0v) is 12.0. The lowest BCUT2D eigenvalue weighted by Gasteiger charge is -2.17. The van der Waals surface area contributed by atoms with Gasteiger partial charge in [-0.25, -0.2) is 0 Å². The quantitative estimate of drug-likeness (QED) is 0.430. The van der Waals surface area contributed by atoms with Crippen molar-refractivity contribution in [1.29, 1.82) is 0 Å². The molecule has 1 aromatic rings. The first-order valence-corrected chi connectivity index (χ1v) is 6.48. The standard InChI is InChI=1S/C15H24N2O2/c1-5-11(2)8-13(17-16)9-12-6-7-14(18-3)15(10-12)19-4/h6-7,10,13,17H,2,5,8-9,16H2,1,3-4H3. The maximum atomic E-state index is 5.60. The highest BCUT2D eigenvalue weighted by molar-refractivity contribution is 5.43.